The van der Waals surface area contributed by atoms with Crippen LogP contribution in [0.2, 0.25) is 0 Å². The van der Waals surface area contributed by atoms with Crippen molar-refractivity contribution in [1.29, 1.82) is 5.26 Å². The lowest BCUT2D eigenvalue weighted by Crippen LogP contribution is -2.50. The number of hydrogen-bond acceptors (Lipinski definition) is 3. The molecule has 2 rings (SSSR count). The molecule has 1 aliphatic rings. The minimum atomic E-state index is -0.496. The summed E-state index contributed by atoms with van der Waals surface area (Å²) in [6, 6.07) is 5.99. The molecule has 17 heavy (non-hydrogen) atoms. The van der Waals surface area contributed by atoms with Gasteiger partial charge in [-0.15, -0.1) is 0 Å². The Morgan fingerprint density at radius 1 is 1.41 bits per heavy atom. The number of benzene rings is 1. The van der Waals surface area contributed by atoms with Crippen LogP contribution in [-0.2, 0) is 0 Å². The summed E-state index contributed by atoms with van der Waals surface area (Å²) in [6.07, 6.45) is -0.496. The normalized spacial score (nSPS) is 25.6. The maximum atomic E-state index is 10.3. The fourth-order valence-electron chi connectivity index (χ4n) is 2.64. The summed E-state index contributed by atoms with van der Waals surface area (Å²) in [5.41, 5.74) is 3.35. The van der Waals surface area contributed by atoms with Gasteiger partial charge >= 0.3 is 0 Å². The van der Waals surface area contributed by atoms with Gasteiger partial charge in [-0.25, -0.2) is 0 Å². The van der Waals surface area contributed by atoms with E-state index in [4.69, 9.17) is 5.26 Å². The SMILES string of the molecule is Cc1ccc(C#N)c2c1NC(C)(C)C(O)[C@H]2C. The van der Waals surface area contributed by atoms with Gasteiger partial charge in [0.25, 0.3) is 0 Å². The predicted molar refractivity (Wildman–Crippen MR) is 68.0 cm³/mol. The fraction of sp³-hybridized carbons (Fsp3) is 0.500. The zero-order valence-electron chi connectivity index (χ0n) is 10.7. The van der Waals surface area contributed by atoms with Crippen LogP contribution in [0.15, 0.2) is 12.1 Å². The number of aliphatic hydroxyl groups is 1. The highest BCUT2D eigenvalue weighted by Gasteiger charge is 2.40. The van der Waals surface area contributed by atoms with E-state index in [1.54, 1.807) is 0 Å². The highest BCUT2D eigenvalue weighted by molar-refractivity contribution is 5.67. The molecule has 0 radical (unpaired) electrons. The summed E-state index contributed by atoms with van der Waals surface area (Å²) in [6.45, 7) is 7.96. The van der Waals surface area contributed by atoms with Crippen LogP contribution in [-0.4, -0.2) is 16.7 Å². The molecule has 0 saturated carbocycles. The lowest BCUT2D eigenvalue weighted by Gasteiger charge is -2.43. The molecule has 0 aliphatic carbocycles. The summed E-state index contributed by atoms with van der Waals surface area (Å²) in [4.78, 5) is 0. The molecule has 3 nitrogen and oxygen atoms in total. The molecule has 1 heterocycles. The van der Waals surface area contributed by atoms with Gasteiger partial charge in [-0.3, -0.25) is 0 Å². The molecule has 90 valence electrons. The summed E-state index contributed by atoms with van der Waals surface area (Å²) in [7, 11) is 0. The summed E-state index contributed by atoms with van der Waals surface area (Å²) < 4.78 is 0. The standard InChI is InChI=1S/C14H18N2O/c1-8-5-6-10(7-15)11-9(2)13(17)14(3,4)16-12(8)11/h5-6,9,13,16-17H,1-4H3/t9-,13?/m0/s1. The molecule has 0 aromatic heterocycles. The lowest BCUT2D eigenvalue weighted by molar-refractivity contribution is 0.0867. The molecular weight excluding hydrogens is 212 g/mol. The summed E-state index contributed by atoms with van der Waals surface area (Å²) in [5.74, 6) is -0.0317. The molecule has 1 aliphatic heterocycles. The van der Waals surface area contributed by atoms with Crippen LogP contribution in [0.4, 0.5) is 5.69 Å². The van der Waals surface area contributed by atoms with Crippen LogP contribution in [0, 0.1) is 18.3 Å². The van der Waals surface area contributed by atoms with E-state index >= 15 is 0 Å². The molecule has 0 amide bonds. The van der Waals surface area contributed by atoms with Gasteiger partial charge in [-0.1, -0.05) is 13.0 Å². The van der Waals surface area contributed by atoms with E-state index in [1.807, 2.05) is 39.8 Å². The average molecular weight is 230 g/mol. The van der Waals surface area contributed by atoms with Gasteiger partial charge in [-0.05, 0) is 38.0 Å². The fourth-order valence-corrected chi connectivity index (χ4v) is 2.64. The quantitative estimate of drug-likeness (QED) is 0.720. The molecule has 1 aromatic rings. The topological polar surface area (TPSA) is 56.0 Å². The van der Waals surface area contributed by atoms with Crippen molar-refractivity contribution in [2.45, 2.75) is 45.3 Å². The Labute approximate surface area is 102 Å². The van der Waals surface area contributed by atoms with Crippen LogP contribution in [0.1, 0.15) is 43.4 Å². The molecule has 1 aromatic carbocycles. The van der Waals surface area contributed by atoms with Gasteiger partial charge in [0.1, 0.15) is 0 Å². The highest BCUT2D eigenvalue weighted by Crippen LogP contribution is 2.42. The van der Waals surface area contributed by atoms with Crippen LogP contribution >= 0.6 is 0 Å². The van der Waals surface area contributed by atoms with Gasteiger partial charge < -0.3 is 10.4 Å². The van der Waals surface area contributed by atoms with Crippen molar-refractivity contribution >= 4 is 5.69 Å². The minimum Gasteiger partial charge on any atom is -0.390 e. The lowest BCUT2D eigenvalue weighted by atomic mass is 9.76. The van der Waals surface area contributed by atoms with E-state index in [0.717, 1.165) is 16.8 Å². The van der Waals surface area contributed by atoms with Crippen molar-refractivity contribution in [3.63, 3.8) is 0 Å². The van der Waals surface area contributed by atoms with Crippen LogP contribution in [0.5, 0.6) is 0 Å². The van der Waals surface area contributed by atoms with Crippen LogP contribution < -0.4 is 5.32 Å². The molecule has 0 spiro atoms. The molecule has 0 bridgehead atoms. The average Bonchev–Trinajstić information content (AvgIpc) is 2.28. The number of anilines is 1. The molecule has 1 unspecified atom stereocenters. The van der Waals surface area contributed by atoms with Gasteiger partial charge in [-0.2, -0.15) is 5.26 Å². The molecule has 0 fully saturated rings. The number of rotatable bonds is 0. The Kier molecular flexibility index (Phi) is 2.63. The number of nitrogens with zero attached hydrogens (tertiary/aromatic N) is 1. The first-order valence-corrected chi connectivity index (χ1v) is 5.88. The maximum Gasteiger partial charge on any atom is 0.0995 e. The van der Waals surface area contributed by atoms with Crippen molar-refractivity contribution in [3.05, 3.63) is 28.8 Å². The zero-order valence-corrected chi connectivity index (χ0v) is 10.7. The third-order valence-corrected chi connectivity index (χ3v) is 3.69. The minimum absolute atomic E-state index is 0.0317. The maximum absolute atomic E-state index is 10.3. The van der Waals surface area contributed by atoms with E-state index in [-0.39, 0.29) is 11.5 Å². The predicted octanol–water partition coefficient (Wildman–Crippen LogP) is 2.54. The third-order valence-electron chi connectivity index (χ3n) is 3.69. The number of nitrogens with one attached hydrogen (secondary N) is 1. The Balaban J connectivity index is 2.68. The van der Waals surface area contributed by atoms with Gasteiger partial charge in [0.2, 0.25) is 0 Å². The second-order valence-corrected chi connectivity index (χ2v) is 5.41. The Morgan fingerprint density at radius 2 is 2.06 bits per heavy atom. The number of aliphatic hydroxyl groups excluding tert-OH is 1. The first kappa shape index (κ1) is 11.9. The number of fused-ring (bicyclic) bond motifs is 1. The van der Waals surface area contributed by atoms with Crippen molar-refractivity contribution in [1.82, 2.24) is 0 Å². The molecule has 2 N–H and O–H groups in total. The van der Waals surface area contributed by atoms with Crippen LogP contribution in [0.3, 0.4) is 0 Å². The Hall–Kier alpha value is -1.53. The van der Waals surface area contributed by atoms with E-state index in [9.17, 15) is 5.11 Å². The largest absolute Gasteiger partial charge is 0.390 e. The molecule has 0 saturated heterocycles. The number of hydrogen-bond donors (Lipinski definition) is 2. The van der Waals surface area contributed by atoms with Crippen molar-refractivity contribution in [3.8, 4) is 6.07 Å². The highest BCUT2D eigenvalue weighted by atomic mass is 16.3. The van der Waals surface area contributed by atoms with E-state index in [1.165, 1.54) is 0 Å². The molecular formula is C14H18N2O. The van der Waals surface area contributed by atoms with Gasteiger partial charge in [0.05, 0.1) is 23.3 Å². The van der Waals surface area contributed by atoms with E-state index in [2.05, 4.69) is 11.4 Å². The van der Waals surface area contributed by atoms with Gasteiger partial charge in [0.15, 0.2) is 0 Å². The van der Waals surface area contributed by atoms with Crippen LogP contribution in [0.25, 0.3) is 0 Å². The number of aryl methyl sites for hydroxylation is 1. The summed E-state index contributed by atoms with van der Waals surface area (Å²) in [5, 5.41) is 22.8. The van der Waals surface area contributed by atoms with Crippen molar-refractivity contribution in [2.75, 3.05) is 5.32 Å². The summed E-state index contributed by atoms with van der Waals surface area (Å²) >= 11 is 0. The zero-order chi connectivity index (χ0) is 12.8. The monoisotopic (exact) mass is 230 g/mol. The van der Waals surface area contributed by atoms with Gasteiger partial charge in [0, 0.05) is 11.6 Å². The first-order valence-electron chi connectivity index (χ1n) is 5.88. The Bertz CT molecular complexity index is 500. The number of nitriles is 1. The molecule has 2 atom stereocenters. The third kappa shape index (κ3) is 1.69. The molecule has 3 heteroatoms. The van der Waals surface area contributed by atoms with Crippen molar-refractivity contribution in [2.24, 2.45) is 0 Å². The second-order valence-electron chi connectivity index (χ2n) is 5.41. The smallest absolute Gasteiger partial charge is 0.0995 e. The van der Waals surface area contributed by atoms with E-state index < -0.39 is 6.10 Å². The first-order chi connectivity index (χ1) is 7.88. The van der Waals surface area contributed by atoms with Crippen molar-refractivity contribution < 1.29 is 5.11 Å². The second kappa shape index (κ2) is 3.75. The Morgan fingerprint density at radius 3 is 2.65 bits per heavy atom. The van der Waals surface area contributed by atoms with E-state index in [0.29, 0.717) is 5.56 Å².